The molecule has 4 N–H and O–H groups in total. The molecule has 0 aliphatic carbocycles. The Bertz CT molecular complexity index is 742. The highest BCUT2D eigenvalue weighted by molar-refractivity contribution is 7.89. The van der Waals surface area contributed by atoms with Gasteiger partial charge in [0.2, 0.25) is 10.0 Å². The molecular weight excluding hydrogens is 323 g/mol. The first-order valence-electron chi connectivity index (χ1n) is 5.95. The Morgan fingerprint density at radius 1 is 1.00 bits per heavy atom. The van der Waals surface area contributed by atoms with Crippen LogP contribution in [0.5, 0.6) is 0 Å². The lowest BCUT2D eigenvalue weighted by Crippen LogP contribution is -2.52. The Balaban J connectivity index is 2.25. The molecular formula is C10H15FN4O4S2. The fraction of sp³-hybridized carbons (Fsp3) is 0.400. The summed E-state index contributed by atoms with van der Waals surface area (Å²) in [5.74, 6) is -0.717. The minimum absolute atomic E-state index is 0.0622. The summed E-state index contributed by atoms with van der Waals surface area (Å²) in [6.07, 6.45) is 0. The van der Waals surface area contributed by atoms with Crippen molar-refractivity contribution in [1.82, 2.24) is 8.61 Å². The van der Waals surface area contributed by atoms with E-state index >= 15 is 0 Å². The predicted molar refractivity (Wildman–Crippen MR) is 74.3 cm³/mol. The van der Waals surface area contributed by atoms with Gasteiger partial charge in [0.1, 0.15) is 10.7 Å². The molecule has 118 valence electrons. The molecule has 1 saturated heterocycles. The van der Waals surface area contributed by atoms with E-state index in [-0.39, 0.29) is 36.8 Å². The van der Waals surface area contributed by atoms with Gasteiger partial charge in [-0.3, -0.25) is 0 Å². The van der Waals surface area contributed by atoms with Crippen LogP contribution < -0.4 is 10.9 Å². The summed E-state index contributed by atoms with van der Waals surface area (Å²) in [5.41, 5.74) is 5.52. The van der Waals surface area contributed by atoms with Crippen LogP contribution in [0.1, 0.15) is 0 Å². The maximum atomic E-state index is 13.2. The number of nitrogens with zero attached hydrogens (tertiary/aromatic N) is 2. The van der Waals surface area contributed by atoms with Crippen molar-refractivity contribution >= 4 is 25.9 Å². The quantitative estimate of drug-likeness (QED) is 0.678. The van der Waals surface area contributed by atoms with Crippen molar-refractivity contribution < 1.29 is 21.2 Å². The number of nitrogens with two attached hydrogens (primary N) is 2. The van der Waals surface area contributed by atoms with Gasteiger partial charge in [-0.2, -0.15) is 17.0 Å². The van der Waals surface area contributed by atoms with Gasteiger partial charge in [0.25, 0.3) is 10.2 Å². The highest BCUT2D eigenvalue weighted by Crippen LogP contribution is 2.24. The van der Waals surface area contributed by atoms with Gasteiger partial charge in [-0.05, 0) is 18.2 Å². The summed E-state index contributed by atoms with van der Waals surface area (Å²) < 4.78 is 62.4. The number of halogens is 1. The molecule has 8 nitrogen and oxygen atoms in total. The third-order valence-corrected chi connectivity index (χ3v) is 6.19. The van der Waals surface area contributed by atoms with Crippen LogP contribution >= 0.6 is 0 Å². The molecule has 0 aromatic heterocycles. The predicted octanol–water partition coefficient (Wildman–Crippen LogP) is -1.08. The van der Waals surface area contributed by atoms with Gasteiger partial charge in [0, 0.05) is 26.2 Å². The standard InChI is InChI=1S/C10H15FN4O4S2/c11-8-1-2-9(12)10(7-8)20(16,17)14-3-5-15(6-4-14)21(13,18)19/h1-2,7H,3-6,12H2,(H2,13,18,19). The first-order valence-corrected chi connectivity index (χ1v) is 8.90. The van der Waals surface area contributed by atoms with Crippen LogP contribution in [0.25, 0.3) is 0 Å². The molecule has 0 saturated carbocycles. The van der Waals surface area contributed by atoms with Gasteiger partial charge in [0.05, 0.1) is 5.69 Å². The first kappa shape index (κ1) is 16.1. The van der Waals surface area contributed by atoms with Crippen LogP contribution in [0.2, 0.25) is 0 Å². The molecule has 0 bridgehead atoms. The highest BCUT2D eigenvalue weighted by Gasteiger charge is 2.32. The van der Waals surface area contributed by atoms with Gasteiger partial charge in [-0.1, -0.05) is 0 Å². The molecule has 1 fully saturated rings. The zero-order valence-electron chi connectivity index (χ0n) is 10.9. The zero-order valence-corrected chi connectivity index (χ0v) is 12.6. The third-order valence-electron chi connectivity index (χ3n) is 3.15. The number of hydrogen-bond acceptors (Lipinski definition) is 5. The summed E-state index contributed by atoms with van der Waals surface area (Å²) in [4.78, 5) is -0.327. The molecule has 0 amide bonds. The fourth-order valence-corrected chi connectivity index (χ4v) is 4.26. The van der Waals surface area contributed by atoms with E-state index in [1.165, 1.54) is 6.07 Å². The molecule has 2 rings (SSSR count). The van der Waals surface area contributed by atoms with Crippen LogP contribution in [0.3, 0.4) is 0 Å². The van der Waals surface area contributed by atoms with Crippen molar-refractivity contribution in [2.24, 2.45) is 5.14 Å². The number of rotatable bonds is 3. The Kier molecular flexibility index (Phi) is 4.22. The molecule has 1 aromatic rings. The van der Waals surface area contributed by atoms with E-state index < -0.39 is 26.0 Å². The summed E-state index contributed by atoms with van der Waals surface area (Å²) in [6.45, 7) is -0.274. The van der Waals surface area contributed by atoms with E-state index in [0.29, 0.717) is 0 Å². The van der Waals surface area contributed by atoms with E-state index in [1.54, 1.807) is 0 Å². The largest absolute Gasteiger partial charge is 0.398 e. The average molecular weight is 338 g/mol. The molecule has 0 spiro atoms. The van der Waals surface area contributed by atoms with Crippen LogP contribution in [0.4, 0.5) is 10.1 Å². The maximum Gasteiger partial charge on any atom is 0.276 e. The second-order valence-electron chi connectivity index (χ2n) is 4.53. The van der Waals surface area contributed by atoms with Crippen LogP contribution in [0, 0.1) is 5.82 Å². The van der Waals surface area contributed by atoms with E-state index in [2.05, 4.69) is 0 Å². The Labute approximate surface area is 122 Å². The minimum Gasteiger partial charge on any atom is -0.398 e. The van der Waals surface area contributed by atoms with Crippen molar-refractivity contribution in [3.8, 4) is 0 Å². The zero-order chi connectivity index (χ0) is 15.8. The first-order chi connectivity index (χ1) is 9.62. The van der Waals surface area contributed by atoms with Crippen molar-refractivity contribution in [2.45, 2.75) is 4.90 Å². The SMILES string of the molecule is Nc1ccc(F)cc1S(=O)(=O)N1CCN(S(N)(=O)=O)CC1. The molecule has 1 aliphatic heterocycles. The Hall–Kier alpha value is -1.27. The van der Waals surface area contributed by atoms with Gasteiger partial charge in [-0.15, -0.1) is 0 Å². The van der Waals surface area contributed by atoms with E-state index in [9.17, 15) is 21.2 Å². The topological polar surface area (TPSA) is 127 Å². The number of nitrogen functional groups attached to an aromatic ring is 1. The Morgan fingerprint density at radius 2 is 1.52 bits per heavy atom. The van der Waals surface area contributed by atoms with Crippen molar-refractivity contribution in [3.63, 3.8) is 0 Å². The van der Waals surface area contributed by atoms with E-state index in [1.807, 2.05) is 0 Å². The normalized spacial score (nSPS) is 18.8. The van der Waals surface area contributed by atoms with Gasteiger partial charge >= 0.3 is 0 Å². The van der Waals surface area contributed by atoms with Gasteiger partial charge < -0.3 is 5.73 Å². The van der Waals surface area contributed by atoms with Crippen molar-refractivity contribution in [3.05, 3.63) is 24.0 Å². The van der Waals surface area contributed by atoms with Crippen LogP contribution in [-0.4, -0.2) is 51.6 Å². The number of anilines is 1. The van der Waals surface area contributed by atoms with Crippen LogP contribution in [-0.2, 0) is 20.2 Å². The van der Waals surface area contributed by atoms with E-state index in [4.69, 9.17) is 10.9 Å². The lowest BCUT2D eigenvalue weighted by molar-refractivity contribution is 0.273. The fourth-order valence-electron chi connectivity index (χ4n) is 2.04. The molecule has 1 heterocycles. The number of sulfonamides is 1. The third kappa shape index (κ3) is 3.32. The molecule has 0 radical (unpaired) electrons. The minimum atomic E-state index is -3.98. The summed E-state index contributed by atoms with van der Waals surface area (Å²) in [7, 11) is -7.83. The summed E-state index contributed by atoms with van der Waals surface area (Å²) in [6, 6.07) is 3.08. The lowest BCUT2D eigenvalue weighted by Gasteiger charge is -2.32. The smallest absolute Gasteiger partial charge is 0.276 e. The summed E-state index contributed by atoms with van der Waals surface area (Å²) in [5, 5.41) is 4.98. The van der Waals surface area contributed by atoms with Crippen LogP contribution in [0.15, 0.2) is 23.1 Å². The average Bonchev–Trinajstić information content (AvgIpc) is 2.40. The highest BCUT2D eigenvalue weighted by atomic mass is 32.2. The molecule has 0 unspecified atom stereocenters. The van der Waals surface area contributed by atoms with Crippen molar-refractivity contribution in [2.75, 3.05) is 31.9 Å². The number of hydrogen-bond donors (Lipinski definition) is 2. The lowest BCUT2D eigenvalue weighted by atomic mass is 10.3. The molecule has 1 aromatic carbocycles. The second kappa shape index (κ2) is 5.50. The number of piperazine rings is 1. The second-order valence-corrected chi connectivity index (χ2v) is 7.98. The molecule has 21 heavy (non-hydrogen) atoms. The molecule has 11 heteroatoms. The van der Waals surface area contributed by atoms with E-state index in [0.717, 1.165) is 20.7 Å². The molecule has 1 aliphatic rings. The van der Waals surface area contributed by atoms with Gasteiger partial charge in [0.15, 0.2) is 0 Å². The number of benzene rings is 1. The molecule has 0 atom stereocenters. The monoisotopic (exact) mass is 338 g/mol. The van der Waals surface area contributed by atoms with Gasteiger partial charge in [-0.25, -0.2) is 17.9 Å². The summed E-state index contributed by atoms with van der Waals surface area (Å²) >= 11 is 0. The maximum absolute atomic E-state index is 13.2. The Morgan fingerprint density at radius 3 is 2.05 bits per heavy atom. The van der Waals surface area contributed by atoms with Crippen molar-refractivity contribution in [1.29, 1.82) is 0 Å².